The van der Waals surface area contributed by atoms with Crippen LogP contribution in [0.1, 0.15) is 24.5 Å². The predicted octanol–water partition coefficient (Wildman–Crippen LogP) is 4.41. The first-order valence-corrected chi connectivity index (χ1v) is 6.40. The first kappa shape index (κ1) is 12.9. The first-order valence-electron chi connectivity index (χ1n) is 5.33. The number of hydrogen-bond acceptors (Lipinski definition) is 0. The fourth-order valence-corrected chi connectivity index (χ4v) is 2.44. The van der Waals surface area contributed by atoms with Gasteiger partial charge in [-0.3, -0.25) is 0 Å². The molecule has 84 valence electrons. The minimum Gasteiger partial charge on any atom is -0.126 e. The lowest BCUT2D eigenvalue weighted by molar-refractivity contribution is 0.362. The van der Waals surface area contributed by atoms with E-state index < -0.39 is 0 Å². The molecule has 0 saturated carbocycles. The van der Waals surface area contributed by atoms with E-state index >= 15 is 0 Å². The number of alkyl halides is 2. The van der Waals surface area contributed by atoms with Crippen LogP contribution in [0.4, 0.5) is 0 Å². The number of halogens is 2. The summed E-state index contributed by atoms with van der Waals surface area (Å²) in [5.74, 6) is 1.25. The van der Waals surface area contributed by atoms with Crippen molar-refractivity contribution in [3.63, 3.8) is 0 Å². The van der Waals surface area contributed by atoms with Crippen molar-refractivity contribution in [2.75, 3.05) is 11.8 Å². The molecule has 15 heavy (non-hydrogen) atoms. The minimum absolute atomic E-state index is 0.0539. The number of hydrogen-bond donors (Lipinski definition) is 0. The fraction of sp³-hybridized carbons (Fsp3) is 0.538. The van der Waals surface area contributed by atoms with Gasteiger partial charge in [0.2, 0.25) is 0 Å². The third kappa shape index (κ3) is 3.39. The van der Waals surface area contributed by atoms with Gasteiger partial charge in [0.25, 0.3) is 0 Å². The molecular weight excluding hydrogens is 227 g/mol. The maximum atomic E-state index is 6.02. The van der Waals surface area contributed by atoms with Gasteiger partial charge in [0.05, 0.1) is 0 Å². The van der Waals surface area contributed by atoms with Crippen molar-refractivity contribution in [2.24, 2.45) is 5.41 Å². The molecule has 0 heterocycles. The summed E-state index contributed by atoms with van der Waals surface area (Å²) in [6.07, 6.45) is 1.99. The van der Waals surface area contributed by atoms with Gasteiger partial charge in [0.1, 0.15) is 0 Å². The Morgan fingerprint density at radius 2 is 1.60 bits per heavy atom. The van der Waals surface area contributed by atoms with Crippen molar-refractivity contribution in [2.45, 2.75) is 26.7 Å². The van der Waals surface area contributed by atoms with Crippen LogP contribution in [0.25, 0.3) is 0 Å². The minimum atomic E-state index is 0.0539. The van der Waals surface area contributed by atoms with Gasteiger partial charge in [-0.25, -0.2) is 0 Å². The van der Waals surface area contributed by atoms with Gasteiger partial charge < -0.3 is 0 Å². The maximum Gasteiger partial charge on any atom is 0.0294 e. The van der Waals surface area contributed by atoms with Crippen LogP contribution < -0.4 is 0 Å². The molecule has 0 aliphatic heterocycles. The SMILES string of the molecule is CCC(CCl)(CCl)Cc1ccc(C)cc1. The van der Waals surface area contributed by atoms with Crippen molar-refractivity contribution in [3.05, 3.63) is 35.4 Å². The fourth-order valence-electron chi connectivity index (χ4n) is 1.58. The average Bonchev–Trinajstić information content (AvgIpc) is 2.29. The monoisotopic (exact) mass is 244 g/mol. The lowest BCUT2D eigenvalue weighted by Gasteiger charge is -2.28. The molecule has 0 atom stereocenters. The Morgan fingerprint density at radius 1 is 1.07 bits per heavy atom. The van der Waals surface area contributed by atoms with Crippen molar-refractivity contribution in [3.8, 4) is 0 Å². The molecular formula is C13H18Cl2. The van der Waals surface area contributed by atoms with E-state index in [1.165, 1.54) is 11.1 Å². The summed E-state index contributed by atoms with van der Waals surface area (Å²) < 4.78 is 0. The van der Waals surface area contributed by atoms with E-state index in [1.807, 2.05) is 0 Å². The second-order valence-corrected chi connectivity index (χ2v) is 4.82. The standard InChI is InChI=1S/C13H18Cl2/c1-3-13(9-14,10-15)8-12-6-4-11(2)5-7-12/h4-7H,3,8-10H2,1-2H3. The van der Waals surface area contributed by atoms with Gasteiger partial charge >= 0.3 is 0 Å². The van der Waals surface area contributed by atoms with Crippen LogP contribution in [0.3, 0.4) is 0 Å². The zero-order chi connectivity index (χ0) is 11.3. The Labute approximate surface area is 103 Å². The van der Waals surface area contributed by atoms with E-state index in [1.54, 1.807) is 0 Å². The van der Waals surface area contributed by atoms with E-state index in [9.17, 15) is 0 Å². The Morgan fingerprint density at radius 3 is 2.00 bits per heavy atom. The highest BCUT2D eigenvalue weighted by Crippen LogP contribution is 2.30. The summed E-state index contributed by atoms with van der Waals surface area (Å²) in [5, 5.41) is 0. The van der Waals surface area contributed by atoms with Crippen molar-refractivity contribution >= 4 is 23.2 Å². The predicted molar refractivity (Wildman–Crippen MR) is 69.0 cm³/mol. The number of aryl methyl sites for hydroxylation is 1. The molecule has 0 N–H and O–H groups in total. The van der Waals surface area contributed by atoms with Crippen LogP contribution in [0.15, 0.2) is 24.3 Å². The van der Waals surface area contributed by atoms with E-state index in [0.29, 0.717) is 11.8 Å². The molecule has 0 radical (unpaired) electrons. The second-order valence-electron chi connectivity index (χ2n) is 4.28. The smallest absolute Gasteiger partial charge is 0.0294 e. The van der Waals surface area contributed by atoms with Gasteiger partial charge in [-0.05, 0) is 25.3 Å². The molecule has 0 aliphatic rings. The molecule has 0 amide bonds. The summed E-state index contributed by atoms with van der Waals surface area (Å²) in [6, 6.07) is 8.61. The summed E-state index contributed by atoms with van der Waals surface area (Å²) in [7, 11) is 0. The maximum absolute atomic E-state index is 6.02. The van der Waals surface area contributed by atoms with Crippen molar-refractivity contribution < 1.29 is 0 Å². The average molecular weight is 245 g/mol. The third-order valence-corrected chi connectivity index (χ3v) is 4.15. The van der Waals surface area contributed by atoms with Crippen LogP contribution >= 0.6 is 23.2 Å². The Balaban J connectivity index is 2.78. The van der Waals surface area contributed by atoms with Gasteiger partial charge in [0.15, 0.2) is 0 Å². The number of benzene rings is 1. The lowest BCUT2D eigenvalue weighted by atomic mass is 9.83. The topological polar surface area (TPSA) is 0 Å². The molecule has 1 aromatic carbocycles. The summed E-state index contributed by atoms with van der Waals surface area (Å²) in [5.41, 5.74) is 2.67. The normalized spacial score (nSPS) is 11.7. The van der Waals surface area contributed by atoms with E-state index in [2.05, 4.69) is 38.1 Å². The quantitative estimate of drug-likeness (QED) is 0.674. The molecule has 1 rings (SSSR count). The molecule has 0 spiro atoms. The Hall–Kier alpha value is -0.200. The Bertz CT molecular complexity index is 278. The number of rotatable bonds is 5. The zero-order valence-electron chi connectivity index (χ0n) is 9.39. The third-order valence-electron chi connectivity index (χ3n) is 3.02. The van der Waals surface area contributed by atoms with Crippen LogP contribution in [-0.4, -0.2) is 11.8 Å². The van der Waals surface area contributed by atoms with Crippen molar-refractivity contribution in [1.82, 2.24) is 0 Å². The van der Waals surface area contributed by atoms with Crippen LogP contribution in [0.5, 0.6) is 0 Å². The van der Waals surface area contributed by atoms with E-state index in [-0.39, 0.29) is 5.41 Å². The molecule has 0 aromatic heterocycles. The largest absolute Gasteiger partial charge is 0.126 e. The summed E-state index contributed by atoms with van der Waals surface area (Å²) >= 11 is 12.0. The first-order chi connectivity index (χ1) is 7.15. The van der Waals surface area contributed by atoms with Gasteiger partial charge in [0, 0.05) is 17.2 Å². The molecule has 2 heteroatoms. The molecule has 0 unspecified atom stereocenters. The van der Waals surface area contributed by atoms with Crippen LogP contribution in [-0.2, 0) is 6.42 Å². The van der Waals surface area contributed by atoms with Gasteiger partial charge in [-0.2, -0.15) is 0 Å². The van der Waals surface area contributed by atoms with Gasteiger partial charge in [-0.1, -0.05) is 36.8 Å². The molecule has 0 nitrogen and oxygen atoms in total. The molecule has 0 saturated heterocycles. The molecule has 1 aromatic rings. The molecule has 0 bridgehead atoms. The second kappa shape index (κ2) is 5.77. The van der Waals surface area contributed by atoms with E-state index in [0.717, 1.165) is 12.8 Å². The highest BCUT2D eigenvalue weighted by Gasteiger charge is 2.26. The molecule has 0 aliphatic carbocycles. The summed E-state index contributed by atoms with van der Waals surface area (Å²) in [4.78, 5) is 0. The van der Waals surface area contributed by atoms with Gasteiger partial charge in [-0.15, -0.1) is 23.2 Å². The highest BCUT2D eigenvalue weighted by atomic mass is 35.5. The van der Waals surface area contributed by atoms with E-state index in [4.69, 9.17) is 23.2 Å². The van der Waals surface area contributed by atoms with Crippen LogP contribution in [0, 0.1) is 12.3 Å². The van der Waals surface area contributed by atoms with Crippen LogP contribution in [0.2, 0.25) is 0 Å². The lowest BCUT2D eigenvalue weighted by Crippen LogP contribution is -2.27. The Kier molecular flexibility index (Phi) is 4.95. The zero-order valence-corrected chi connectivity index (χ0v) is 10.9. The van der Waals surface area contributed by atoms with Crippen molar-refractivity contribution in [1.29, 1.82) is 0 Å². The summed E-state index contributed by atoms with van der Waals surface area (Å²) in [6.45, 7) is 4.25. The molecule has 0 fully saturated rings. The highest BCUT2D eigenvalue weighted by molar-refractivity contribution is 6.21.